The van der Waals surface area contributed by atoms with Gasteiger partial charge in [-0.2, -0.15) is 0 Å². The van der Waals surface area contributed by atoms with Crippen LogP contribution in [-0.4, -0.2) is 60.7 Å². The van der Waals surface area contributed by atoms with E-state index in [-0.39, 0.29) is 54.2 Å². The summed E-state index contributed by atoms with van der Waals surface area (Å²) in [5.41, 5.74) is 2.23. The molecule has 0 spiro atoms. The Morgan fingerprint density at radius 2 is 1.74 bits per heavy atom. The molecule has 1 aliphatic heterocycles. The van der Waals surface area contributed by atoms with Crippen molar-refractivity contribution in [1.82, 2.24) is 20.9 Å². The summed E-state index contributed by atoms with van der Waals surface area (Å²) >= 11 is 0. The lowest BCUT2D eigenvalue weighted by Gasteiger charge is -2.35. The molecule has 176 valence electrons. The summed E-state index contributed by atoms with van der Waals surface area (Å²) in [4.78, 5) is 19.3. The van der Waals surface area contributed by atoms with Gasteiger partial charge >= 0.3 is 0 Å². The fourth-order valence-electron chi connectivity index (χ4n) is 3.65. The van der Waals surface area contributed by atoms with E-state index in [0.29, 0.717) is 12.5 Å². The number of hydrogen-bond donors (Lipinski definition) is 3. The summed E-state index contributed by atoms with van der Waals surface area (Å²) < 4.78 is 5.85. The molecule has 0 bridgehead atoms. The van der Waals surface area contributed by atoms with Crippen molar-refractivity contribution in [2.24, 2.45) is 4.99 Å². The van der Waals surface area contributed by atoms with Gasteiger partial charge in [-0.3, -0.25) is 9.69 Å². The number of amides is 1. The highest BCUT2D eigenvalue weighted by Crippen LogP contribution is 2.17. The monoisotopic (exact) mass is 545 g/mol. The zero-order chi connectivity index (χ0) is 22.1. The van der Waals surface area contributed by atoms with E-state index in [1.54, 1.807) is 0 Å². The number of ether oxygens (including phenoxy) is 1. The van der Waals surface area contributed by atoms with Gasteiger partial charge in [-0.1, -0.05) is 24.3 Å². The van der Waals surface area contributed by atoms with E-state index >= 15 is 0 Å². The number of benzene rings is 1. The Kier molecular flexibility index (Phi) is 11.8. The van der Waals surface area contributed by atoms with Gasteiger partial charge in [0.25, 0.3) is 0 Å². The van der Waals surface area contributed by atoms with E-state index in [1.165, 1.54) is 11.1 Å². The van der Waals surface area contributed by atoms with Crippen LogP contribution < -0.4 is 16.0 Å². The van der Waals surface area contributed by atoms with Crippen molar-refractivity contribution in [3.8, 4) is 0 Å². The average molecular weight is 546 g/mol. The number of aliphatic imine (C=N–C) groups is 1. The molecule has 2 rings (SSSR count). The van der Waals surface area contributed by atoms with Gasteiger partial charge in [-0.05, 0) is 52.7 Å². The molecule has 2 unspecified atom stereocenters. The molecule has 0 aromatic heterocycles. The first-order valence-corrected chi connectivity index (χ1v) is 10.9. The number of nitrogens with one attached hydrogen (secondary N) is 3. The van der Waals surface area contributed by atoms with Crippen LogP contribution in [0.15, 0.2) is 29.3 Å². The number of carbonyl (C=O) groups is 1. The number of carbonyl (C=O) groups excluding carboxylic acids is 1. The van der Waals surface area contributed by atoms with Crippen molar-refractivity contribution in [2.45, 2.75) is 72.4 Å². The van der Waals surface area contributed by atoms with Gasteiger partial charge in [0.1, 0.15) is 0 Å². The second-order valence-corrected chi connectivity index (χ2v) is 9.07. The minimum atomic E-state index is -0.248. The maximum Gasteiger partial charge on any atom is 0.239 e. The van der Waals surface area contributed by atoms with Gasteiger partial charge in [0.15, 0.2) is 5.96 Å². The SMILES string of the molecule is CCNC(=NCc1ccccc1CN1CC(C)OC(C)C1)NCC(=O)NC(C)(C)C.I. The highest BCUT2D eigenvalue weighted by atomic mass is 127. The van der Waals surface area contributed by atoms with Gasteiger partial charge < -0.3 is 20.7 Å². The van der Waals surface area contributed by atoms with E-state index in [0.717, 1.165) is 26.2 Å². The molecule has 0 saturated carbocycles. The molecule has 1 heterocycles. The van der Waals surface area contributed by atoms with Gasteiger partial charge in [-0.25, -0.2) is 4.99 Å². The van der Waals surface area contributed by atoms with E-state index in [1.807, 2.05) is 27.7 Å². The first kappa shape index (κ1) is 27.6. The third kappa shape index (κ3) is 10.7. The molecule has 8 heteroatoms. The van der Waals surface area contributed by atoms with Crippen molar-refractivity contribution in [2.75, 3.05) is 26.2 Å². The second kappa shape index (κ2) is 13.2. The number of halogens is 1. The quantitative estimate of drug-likeness (QED) is 0.279. The fraction of sp³-hybridized carbons (Fsp3) is 0.652. The predicted molar refractivity (Wildman–Crippen MR) is 138 cm³/mol. The largest absolute Gasteiger partial charge is 0.373 e. The molecule has 1 aliphatic rings. The summed E-state index contributed by atoms with van der Waals surface area (Å²) in [6, 6.07) is 8.43. The van der Waals surface area contributed by atoms with Gasteiger partial charge in [0, 0.05) is 31.7 Å². The summed E-state index contributed by atoms with van der Waals surface area (Å²) in [6.07, 6.45) is 0.505. The lowest BCUT2D eigenvalue weighted by atomic mass is 10.1. The predicted octanol–water partition coefficient (Wildman–Crippen LogP) is 2.88. The standard InChI is InChI=1S/C23H39N5O2.HI/c1-7-24-22(26-13-21(29)27-23(4,5)6)25-12-19-10-8-9-11-20(19)16-28-14-17(2)30-18(3)15-28;/h8-11,17-18H,7,12-16H2,1-6H3,(H,27,29)(H2,24,25,26);1H. The molecule has 1 aromatic rings. The first-order chi connectivity index (χ1) is 14.2. The topological polar surface area (TPSA) is 78.0 Å². The third-order valence-corrected chi connectivity index (χ3v) is 4.69. The Morgan fingerprint density at radius 3 is 2.32 bits per heavy atom. The molecule has 1 amide bonds. The molecular weight excluding hydrogens is 505 g/mol. The van der Waals surface area contributed by atoms with E-state index in [4.69, 9.17) is 9.73 Å². The van der Waals surface area contributed by atoms with Crippen LogP contribution in [0.5, 0.6) is 0 Å². The van der Waals surface area contributed by atoms with Crippen molar-refractivity contribution < 1.29 is 9.53 Å². The van der Waals surface area contributed by atoms with Crippen LogP contribution in [0.2, 0.25) is 0 Å². The number of nitrogens with zero attached hydrogens (tertiary/aromatic N) is 2. The van der Waals surface area contributed by atoms with E-state index in [2.05, 4.69) is 59.0 Å². The van der Waals surface area contributed by atoms with Gasteiger partial charge in [-0.15, -0.1) is 24.0 Å². The van der Waals surface area contributed by atoms with Crippen LogP contribution in [0.4, 0.5) is 0 Å². The molecule has 31 heavy (non-hydrogen) atoms. The van der Waals surface area contributed by atoms with E-state index in [9.17, 15) is 4.79 Å². The molecule has 2 atom stereocenters. The van der Waals surface area contributed by atoms with Gasteiger partial charge in [0.05, 0.1) is 25.3 Å². The Labute approximate surface area is 204 Å². The molecule has 1 fully saturated rings. The molecule has 1 saturated heterocycles. The Bertz CT molecular complexity index is 710. The Morgan fingerprint density at radius 1 is 1.13 bits per heavy atom. The normalized spacial score (nSPS) is 20.0. The summed E-state index contributed by atoms with van der Waals surface area (Å²) in [6.45, 7) is 16.4. The van der Waals surface area contributed by atoms with Crippen LogP contribution in [0, 0.1) is 0 Å². The minimum absolute atomic E-state index is 0. The third-order valence-electron chi connectivity index (χ3n) is 4.69. The maximum atomic E-state index is 12.1. The number of hydrogen-bond acceptors (Lipinski definition) is 4. The van der Waals surface area contributed by atoms with Gasteiger partial charge in [0.2, 0.25) is 5.91 Å². The summed E-state index contributed by atoms with van der Waals surface area (Å²) in [5.74, 6) is 0.592. The van der Waals surface area contributed by atoms with Crippen LogP contribution in [-0.2, 0) is 22.6 Å². The Hall–Kier alpha value is -1.39. The van der Waals surface area contributed by atoms with Crippen LogP contribution >= 0.6 is 24.0 Å². The van der Waals surface area contributed by atoms with Crippen molar-refractivity contribution >= 4 is 35.8 Å². The fourth-order valence-corrected chi connectivity index (χ4v) is 3.65. The number of morpholine rings is 1. The lowest BCUT2D eigenvalue weighted by Crippen LogP contribution is -2.48. The molecule has 1 aromatic carbocycles. The smallest absolute Gasteiger partial charge is 0.239 e. The van der Waals surface area contributed by atoms with Crippen molar-refractivity contribution in [3.05, 3.63) is 35.4 Å². The van der Waals surface area contributed by atoms with Crippen molar-refractivity contribution in [3.63, 3.8) is 0 Å². The molecule has 0 aliphatic carbocycles. The highest BCUT2D eigenvalue weighted by Gasteiger charge is 2.22. The Balaban J connectivity index is 0.00000480. The summed E-state index contributed by atoms with van der Waals surface area (Å²) in [7, 11) is 0. The first-order valence-electron chi connectivity index (χ1n) is 10.9. The maximum absolute atomic E-state index is 12.1. The average Bonchev–Trinajstić information content (AvgIpc) is 2.63. The molecule has 7 nitrogen and oxygen atoms in total. The molecular formula is C23H40IN5O2. The number of rotatable bonds is 7. The zero-order valence-electron chi connectivity index (χ0n) is 19.8. The molecule has 0 radical (unpaired) electrons. The van der Waals surface area contributed by atoms with Crippen LogP contribution in [0.1, 0.15) is 52.7 Å². The minimum Gasteiger partial charge on any atom is -0.373 e. The summed E-state index contributed by atoms with van der Waals surface area (Å²) in [5, 5.41) is 9.29. The lowest BCUT2D eigenvalue weighted by molar-refractivity contribution is -0.121. The second-order valence-electron chi connectivity index (χ2n) is 9.07. The van der Waals surface area contributed by atoms with E-state index < -0.39 is 0 Å². The molecule has 3 N–H and O–H groups in total. The van der Waals surface area contributed by atoms with Crippen molar-refractivity contribution in [1.29, 1.82) is 0 Å². The number of guanidine groups is 1. The van der Waals surface area contributed by atoms with Crippen LogP contribution in [0.3, 0.4) is 0 Å². The highest BCUT2D eigenvalue weighted by molar-refractivity contribution is 14.0. The van der Waals surface area contributed by atoms with Crippen LogP contribution in [0.25, 0.3) is 0 Å². The zero-order valence-corrected chi connectivity index (χ0v) is 22.2.